The Morgan fingerprint density at radius 2 is 1.07 bits per heavy atom. The van der Waals surface area contributed by atoms with Crippen molar-refractivity contribution in [2.75, 3.05) is 4.90 Å². The fourth-order valence-corrected chi connectivity index (χ4v) is 9.92. The summed E-state index contributed by atoms with van der Waals surface area (Å²) in [6.07, 6.45) is 0. The summed E-state index contributed by atoms with van der Waals surface area (Å²) in [5.74, 6) is 0. The summed E-state index contributed by atoms with van der Waals surface area (Å²) < 4.78 is 6.70. The van der Waals surface area contributed by atoms with Crippen molar-refractivity contribution in [3.8, 4) is 33.4 Å². The number of benzene rings is 8. The third-order valence-electron chi connectivity index (χ3n) is 12.4. The molecule has 11 rings (SSSR count). The molecule has 0 N–H and O–H groups in total. The van der Waals surface area contributed by atoms with Crippen LogP contribution in [0.3, 0.4) is 0 Å². The van der Waals surface area contributed by atoms with E-state index in [9.17, 15) is 0 Å². The Morgan fingerprint density at radius 1 is 0.444 bits per heavy atom. The van der Waals surface area contributed by atoms with Gasteiger partial charge in [-0.15, -0.1) is 0 Å². The van der Waals surface area contributed by atoms with E-state index in [0.29, 0.717) is 0 Å². The van der Waals surface area contributed by atoms with Crippen molar-refractivity contribution >= 4 is 49.8 Å². The van der Waals surface area contributed by atoms with Crippen LogP contribution in [0.25, 0.3) is 66.1 Å². The summed E-state index contributed by atoms with van der Waals surface area (Å²) in [7, 11) is 0. The maximum atomic E-state index is 6.70. The zero-order valence-corrected chi connectivity index (χ0v) is 30.9. The van der Waals surface area contributed by atoms with Crippen molar-refractivity contribution in [2.24, 2.45) is 0 Å². The van der Waals surface area contributed by atoms with E-state index < -0.39 is 0 Å². The summed E-state index contributed by atoms with van der Waals surface area (Å²) >= 11 is 0. The van der Waals surface area contributed by atoms with Crippen LogP contribution in [-0.4, -0.2) is 0 Å². The van der Waals surface area contributed by atoms with Crippen LogP contribution < -0.4 is 4.90 Å². The van der Waals surface area contributed by atoms with E-state index in [1.165, 1.54) is 66.4 Å². The highest BCUT2D eigenvalue weighted by molar-refractivity contribution is 6.10. The van der Waals surface area contributed by atoms with E-state index in [4.69, 9.17) is 4.42 Å². The van der Waals surface area contributed by atoms with Crippen molar-refractivity contribution in [3.05, 3.63) is 186 Å². The van der Waals surface area contributed by atoms with Gasteiger partial charge in [0, 0.05) is 33.0 Å². The molecule has 0 saturated heterocycles. The summed E-state index contributed by atoms with van der Waals surface area (Å²) in [4.78, 5) is 2.40. The van der Waals surface area contributed by atoms with Gasteiger partial charge >= 0.3 is 0 Å². The first-order valence-corrected chi connectivity index (χ1v) is 19.0. The number of fused-ring (bicyclic) bond motifs is 9. The third-order valence-corrected chi connectivity index (χ3v) is 12.4. The summed E-state index contributed by atoms with van der Waals surface area (Å²) in [6.45, 7) is 9.71. The average Bonchev–Trinajstić information content (AvgIpc) is 3.70. The molecule has 1 aromatic heterocycles. The van der Waals surface area contributed by atoms with Crippen molar-refractivity contribution in [1.82, 2.24) is 0 Å². The van der Waals surface area contributed by atoms with Gasteiger partial charge in [-0.3, -0.25) is 0 Å². The minimum absolute atomic E-state index is 0.169. The lowest BCUT2D eigenvalue weighted by Crippen LogP contribution is -2.29. The molecule has 0 saturated carbocycles. The van der Waals surface area contributed by atoms with E-state index in [1.54, 1.807) is 0 Å². The molecule has 2 aliphatic rings. The molecule has 0 atom stereocenters. The van der Waals surface area contributed by atoms with Crippen molar-refractivity contribution < 1.29 is 4.42 Å². The molecule has 0 amide bonds. The Morgan fingerprint density at radius 3 is 1.91 bits per heavy atom. The molecule has 9 aromatic rings. The molecule has 0 radical (unpaired) electrons. The van der Waals surface area contributed by atoms with Crippen LogP contribution >= 0.6 is 0 Å². The Kier molecular flexibility index (Phi) is 6.39. The molecule has 0 bridgehead atoms. The molecular weight excluding hydrogens is 655 g/mol. The van der Waals surface area contributed by atoms with Crippen LogP contribution in [0.5, 0.6) is 0 Å². The number of furan rings is 1. The van der Waals surface area contributed by atoms with E-state index in [1.807, 2.05) is 6.07 Å². The molecule has 2 aliphatic carbocycles. The molecule has 0 aliphatic heterocycles. The highest BCUT2D eigenvalue weighted by Gasteiger charge is 2.44. The summed E-state index contributed by atoms with van der Waals surface area (Å²) in [5.41, 5.74) is 18.0. The van der Waals surface area contributed by atoms with Crippen LogP contribution in [0.2, 0.25) is 0 Å². The number of rotatable bonds is 4. The van der Waals surface area contributed by atoms with Crippen LogP contribution in [-0.2, 0) is 10.8 Å². The molecule has 0 spiro atoms. The first kappa shape index (κ1) is 31.2. The van der Waals surface area contributed by atoms with Crippen molar-refractivity contribution in [3.63, 3.8) is 0 Å². The Balaban J connectivity index is 1.13. The maximum absolute atomic E-state index is 6.70. The van der Waals surface area contributed by atoms with Crippen LogP contribution in [0.15, 0.2) is 168 Å². The van der Waals surface area contributed by atoms with E-state index in [2.05, 4.69) is 190 Å². The minimum Gasteiger partial charge on any atom is -0.454 e. The van der Waals surface area contributed by atoms with Gasteiger partial charge in [-0.05, 0) is 103 Å². The lowest BCUT2D eigenvalue weighted by atomic mass is 9.63. The lowest BCUT2D eigenvalue weighted by Gasteiger charge is -2.39. The molecule has 258 valence electrons. The van der Waals surface area contributed by atoms with Crippen LogP contribution in [0.4, 0.5) is 17.1 Å². The number of hydrogen-bond donors (Lipinski definition) is 0. The van der Waals surface area contributed by atoms with Crippen molar-refractivity contribution in [2.45, 2.75) is 38.5 Å². The molecule has 1 heterocycles. The van der Waals surface area contributed by atoms with Gasteiger partial charge in [0.15, 0.2) is 5.58 Å². The smallest absolute Gasteiger partial charge is 0.159 e. The SMILES string of the molecule is CC1(C)c2cc(N(c3cccc(-c4ccccc4)c3)c3cccc4c3oc3ccccc34)ccc2-c2ccc3c(c21)C(C)(C)c1cccc2cccc-3c12. The van der Waals surface area contributed by atoms with Gasteiger partial charge < -0.3 is 9.32 Å². The number of para-hydroxylation sites is 2. The second-order valence-corrected chi connectivity index (χ2v) is 16.1. The Hall–Kier alpha value is -6.38. The third kappa shape index (κ3) is 4.23. The van der Waals surface area contributed by atoms with Crippen LogP contribution in [0, 0.1) is 0 Å². The molecule has 8 aromatic carbocycles. The predicted molar refractivity (Wildman–Crippen MR) is 226 cm³/mol. The molecular formula is C52H39NO. The highest BCUT2D eigenvalue weighted by atomic mass is 16.3. The standard InChI is InChI=1S/C52H39NO/c1-51(2)43-23-12-17-33-16-11-21-39(47(33)43)41-29-28-40-37-27-26-36(31-44(37)52(3,4)48(40)49(41)51)53(35-19-10-18-34(30-35)32-14-6-5-7-15-32)45-24-13-22-42-38-20-8-9-25-46(38)54-50(42)45/h5-31H,1-4H3. The normalized spacial score (nSPS) is 14.6. The number of nitrogens with zero attached hydrogens (tertiary/aromatic N) is 1. The van der Waals surface area contributed by atoms with Crippen LogP contribution in [0.1, 0.15) is 49.9 Å². The first-order valence-electron chi connectivity index (χ1n) is 19.0. The Labute approximate surface area is 315 Å². The van der Waals surface area contributed by atoms with Gasteiger partial charge in [0.25, 0.3) is 0 Å². The number of anilines is 3. The largest absolute Gasteiger partial charge is 0.454 e. The average molecular weight is 694 g/mol. The second-order valence-electron chi connectivity index (χ2n) is 16.1. The maximum Gasteiger partial charge on any atom is 0.159 e. The van der Waals surface area contributed by atoms with Gasteiger partial charge in [-0.25, -0.2) is 0 Å². The fourth-order valence-electron chi connectivity index (χ4n) is 9.92. The van der Waals surface area contributed by atoms with Gasteiger partial charge in [0.05, 0.1) is 5.69 Å². The fraction of sp³-hybridized carbons (Fsp3) is 0.115. The summed E-state index contributed by atoms with van der Waals surface area (Å²) in [6, 6.07) is 59.9. The zero-order chi connectivity index (χ0) is 36.3. The second kappa shape index (κ2) is 11.1. The molecule has 0 fully saturated rings. The minimum atomic E-state index is -0.244. The highest BCUT2D eigenvalue weighted by Crippen LogP contribution is 2.59. The number of hydrogen-bond acceptors (Lipinski definition) is 2. The monoisotopic (exact) mass is 693 g/mol. The van der Waals surface area contributed by atoms with Gasteiger partial charge in [-0.1, -0.05) is 155 Å². The van der Waals surface area contributed by atoms with E-state index in [0.717, 1.165) is 39.0 Å². The predicted octanol–water partition coefficient (Wildman–Crippen LogP) is 14.5. The van der Waals surface area contributed by atoms with Crippen molar-refractivity contribution in [1.29, 1.82) is 0 Å². The molecule has 2 heteroatoms. The van der Waals surface area contributed by atoms with E-state index >= 15 is 0 Å². The topological polar surface area (TPSA) is 16.4 Å². The van der Waals surface area contributed by atoms with E-state index in [-0.39, 0.29) is 10.8 Å². The van der Waals surface area contributed by atoms with Gasteiger partial charge in [0.2, 0.25) is 0 Å². The quantitative estimate of drug-likeness (QED) is 0.182. The van der Waals surface area contributed by atoms with Gasteiger partial charge in [-0.2, -0.15) is 0 Å². The first-order chi connectivity index (χ1) is 26.3. The summed E-state index contributed by atoms with van der Waals surface area (Å²) in [5, 5.41) is 4.95. The molecule has 2 nitrogen and oxygen atoms in total. The lowest BCUT2D eigenvalue weighted by molar-refractivity contribution is 0.591. The molecule has 54 heavy (non-hydrogen) atoms. The Bertz CT molecular complexity index is 2990. The molecule has 0 unspecified atom stereocenters. The van der Waals surface area contributed by atoms with Gasteiger partial charge in [0.1, 0.15) is 5.58 Å². The zero-order valence-electron chi connectivity index (χ0n) is 30.9.